The van der Waals surface area contributed by atoms with Crippen molar-refractivity contribution in [2.45, 2.75) is 18.9 Å². The maximum Gasteiger partial charge on any atom is 0.322 e. The zero-order chi connectivity index (χ0) is 13.7. The number of rotatable bonds is 5. The molecule has 1 fully saturated rings. The number of carboxylic acids is 1. The molecule has 1 aromatic heterocycles. The van der Waals surface area contributed by atoms with Crippen LogP contribution in [0.2, 0.25) is 0 Å². The van der Waals surface area contributed by atoms with Crippen LogP contribution in [0.5, 0.6) is 0 Å². The van der Waals surface area contributed by atoms with Gasteiger partial charge in [-0.25, -0.2) is 4.98 Å². The molecule has 1 atom stereocenters. The lowest BCUT2D eigenvalue weighted by Crippen LogP contribution is -2.40. The van der Waals surface area contributed by atoms with E-state index in [0.29, 0.717) is 11.8 Å². The van der Waals surface area contributed by atoms with Crippen LogP contribution in [-0.2, 0) is 9.53 Å². The minimum atomic E-state index is -0.919. The van der Waals surface area contributed by atoms with Crippen molar-refractivity contribution in [1.29, 1.82) is 0 Å². The zero-order valence-corrected chi connectivity index (χ0v) is 10.9. The molecule has 1 aliphatic rings. The lowest BCUT2D eigenvalue weighted by atomic mass is 10.1. The van der Waals surface area contributed by atoms with Crippen molar-refractivity contribution < 1.29 is 14.6 Å². The summed E-state index contributed by atoms with van der Waals surface area (Å²) in [5, 5.41) is 11.4. The Morgan fingerprint density at radius 1 is 1.68 bits per heavy atom. The first-order valence-corrected chi connectivity index (χ1v) is 6.25. The lowest BCUT2D eigenvalue weighted by Gasteiger charge is -2.31. The van der Waals surface area contributed by atoms with Crippen molar-refractivity contribution in [3.8, 4) is 0 Å². The van der Waals surface area contributed by atoms with E-state index in [9.17, 15) is 4.79 Å². The first-order chi connectivity index (χ1) is 9.19. The second-order valence-electron chi connectivity index (χ2n) is 4.44. The van der Waals surface area contributed by atoms with Crippen LogP contribution in [-0.4, -0.2) is 53.9 Å². The van der Waals surface area contributed by atoms with Crippen molar-refractivity contribution in [3.63, 3.8) is 0 Å². The van der Waals surface area contributed by atoms with Crippen molar-refractivity contribution in [1.82, 2.24) is 9.97 Å². The van der Waals surface area contributed by atoms with Crippen LogP contribution in [0, 0.1) is 0 Å². The van der Waals surface area contributed by atoms with Crippen molar-refractivity contribution in [2.75, 3.05) is 37.0 Å². The number of aromatic nitrogens is 2. The minimum absolute atomic E-state index is 0.156. The van der Waals surface area contributed by atoms with Gasteiger partial charge in [-0.1, -0.05) is 0 Å². The number of piperidine rings is 1. The highest BCUT2D eigenvalue weighted by molar-refractivity contribution is 5.72. The van der Waals surface area contributed by atoms with Gasteiger partial charge in [0, 0.05) is 26.4 Å². The van der Waals surface area contributed by atoms with E-state index in [1.54, 1.807) is 19.4 Å². The fourth-order valence-electron chi connectivity index (χ4n) is 2.08. The molecule has 0 spiro atoms. The van der Waals surface area contributed by atoms with Gasteiger partial charge in [-0.15, -0.1) is 0 Å². The smallest absolute Gasteiger partial charge is 0.322 e. The Morgan fingerprint density at radius 2 is 2.53 bits per heavy atom. The average Bonchev–Trinajstić information content (AvgIpc) is 2.45. The Kier molecular flexibility index (Phi) is 4.51. The predicted octanol–water partition coefficient (Wildman–Crippen LogP) is 0.588. The summed E-state index contributed by atoms with van der Waals surface area (Å²) >= 11 is 0. The average molecular weight is 266 g/mol. The van der Waals surface area contributed by atoms with Gasteiger partial charge in [0.15, 0.2) is 0 Å². The van der Waals surface area contributed by atoms with Gasteiger partial charge in [-0.05, 0) is 18.9 Å². The molecule has 0 saturated carbocycles. The second kappa shape index (κ2) is 6.33. The molecule has 1 unspecified atom stereocenters. The lowest BCUT2D eigenvalue weighted by molar-refractivity contribution is -0.134. The van der Waals surface area contributed by atoms with E-state index in [1.807, 2.05) is 0 Å². The van der Waals surface area contributed by atoms with Gasteiger partial charge >= 0.3 is 5.97 Å². The van der Waals surface area contributed by atoms with Gasteiger partial charge in [-0.2, -0.15) is 4.98 Å². The summed E-state index contributed by atoms with van der Waals surface area (Å²) in [7, 11) is 1.71. The van der Waals surface area contributed by atoms with Crippen molar-refractivity contribution in [3.05, 3.63) is 12.3 Å². The standard InChI is InChI=1S/C12H18N4O3/c1-19-9-3-2-6-16(8-9)12-13-5-4-10(15-12)14-7-11(17)18/h4-5,9H,2-3,6-8H2,1H3,(H,17,18)(H,13,14,15). The Labute approximate surface area is 111 Å². The Hall–Kier alpha value is -1.89. The zero-order valence-electron chi connectivity index (χ0n) is 10.9. The first-order valence-electron chi connectivity index (χ1n) is 6.25. The van der Waals surface area contributed by atoms with E-state index in [-0.39, 0.29) is 12.6 Å². The van der Waals surface area contributed by atoms with Crippen LogP contribution in [0.4, 0.5) is 11.8 Å². The normalized spacial score (nSPS) is 19.2. The monoisotopic (exact) mass is 266 g/mol. The molecule has 1 aromatic rings. The molecule has 0 amide bonds. The fourth-order valence-corrected chi connectivity index (χ4v) is 2.08. The fraction of sp³-hybridized carbons (Fsp3) is 0.583. The van der Waals surface area contributed by atoms with Gasteiger partial charge in [0.2, 0.25) is 5.95 Å². The number of nitrogens with zero attached hydrogens (tertiary/aromatic N) is 3. The third-order valence-electron chi connectivity index (χ3n) is 3.06. The summed E-state index contributed by atoms with van der Waals surface area (Å²) in [6, 6.07) is 1.66. The molecule has 104 valence electrons. The highest BCUT2D eigenvalue weighted by Gasteiger charge is 2.21. The molecule has 7 nitrogen and oxygen atoms in total. The maximum absolute atomic E-state index is 10.5. The molecular formula is C12H18N4O3. The topological polar surface area (TPSA) is 87.6 Å². The van der Waals surface area contributed by atoms with E-state index in [1.165, 1.54) is 0 Å². The molecule has 0 aromatic carbocycles. The molecular weight excluding hydrogens is 248 g/mol. The van der Waals surface area contributed by atoms with Crippen LogP contribution >= 0.6 is 0 Å². The summed E-state index contributed by atoms with van der Waals surface area (Å²) < 4.78 is 5.36. The summed E-state index contributed by atoms with van der Waals surface area (Å²) in [5.41, 5.74) is 0. The largest absolute Gasteiger partial charge is 0.480 e. The molecule has 2 N–H and O–H groups in total. The Bertz CT molecular complexity index is 441. The molecule has 7 heteroatoms. The molecule has 1 aliphatic heterocycles. The van der Waals surface area contributed by atoms with Crippen LogP contribution in [0.15, 0.2) is 12.3 Å². The number of methoxy groups -OCH3 is 1. The SMILES string of the molecule is COC1CCCN(c2nccc(NCC(=O)O)n2)C1. The van der Waals surface area contributed by atoms with Gasteiger partial charge in [0.05, 0.1) is 6.10 Å². The predicted molar refractivity (Wildman–Crippen MR) is 70.4 cm³/mol. The van der Waals surface area contributed by atoms with E-state index in [0.717, 1.165) is 25.9 Å². The number of nitrogens with one attached hydrogen (secondary N) is 1. The third kappa shape index (κ3) is 3.78. The minimum Gasteiger partial charge on any atom is -0.480 e. The molecule has 0 aliphatic carbocycles. The maximum atomic E-state index is 10.5. The second-order valence-corrected chi connectivity index (χ2v) is 4.44. The Morgan fingerprint density at radius 3 is 3.26 bits per heavy atom. The van der Waals surface area contributed by atoms with Crippen LogP contribution in [0.25, 0.3) is 0 Å². The van der Waals surface area contributed by atoms with E-state index >= 15 is 0 Å². The van der Waals surface area contributed by atoms with E-state index in [4.69, 9.17) is 9.84 Å². The number of hydrogen-bond acceptors (Lipinski definition) is 6. The third-order valence-corrected chi connectivity index (χ3v) is 3.06. The summed E-state index contributed by atoms with van der Waals surface area (Å²) in [5.74, 6) is 0.210. The molecule has 0 bridgehead atoms. The summed E-state index contributed by atoms with van der Waals surface area (Å²) in [6.07, 6.45) is 3.91. The summed E-state index contributed by atoms with van der Waals surface area (Å²) in [4.78, 5) is 21.1. The van der Waals surface area contributed by atoms with Gasteiger partial charge in [-0.3, -0.25) is 4.79 Å². The molecule has 1 saturated heterocycles. The van der Waals surface area contributed by atoms with Crippen LogP contribution in [0.1, 0.15) is 12.8 Å². The quantitative estimate of drug-likeness (QED) is 0.806. The van der Waals surface area contributed by atoms with E-state index in [2.05, 4.69) is 20.2 Å². The van der Waals surface area contributed by atoms with Gasteiger partial charge < -0.3 is 20.1 Å². The van der Waals surface area contributed by atoms with Crippen LogP contribution in [0.3, 0.4) is 0 Å². The van der Waals surface area contributed by atoms with Crippen LogP contribution < -0.4 is 10.2 Å². The molecule has 2 rings (SSSR count). The highest BCUT2D eigenvalue weighted by atomic mass is 16.5. The van der Waals surface area contributed by atoms with E-state index < -0.39 is 5.97 Å². The Balaban J connectivity index is 2.03. The highest BCUT2D eigenvalue weighted by Crippen LogP contribution is 2.18. The first kappa shape index (κ1) is 13.5. The summed E-state index contributed by atoms with van der Waals surface area (Å²) in [6.45, 7) is 1.50. The number of ether oxygens (including phenoxy) is 1. The van der Waals surface area contributed by atoms with Gasteiger partial charge in [0.1, 0.15) is 12.4 Å². The number of hydrogen-bond donors (Lipinski definition) is 2. The molecule has 2 heterocycles. The van der Waals surface area contributed by atoms with Crippen molar-refractivity contribution >= 4 is 17.7 Å². The molecule has 19 heavy (non-hydrogen) atoms. The van der Waals surface area contributed by atoms with Crippen molar-refractivity contribution in [2.24, 2.45) is 0 Å². The molecule has 0 radical (unpaired) electrons. The van der Waals surface area contributed by atoms with Gasteiger partial charge in [0.25, 0.3) is 0 Å². The number of aliphatic carboxylic acids is 1. The number of carboxylic acid groups (broad SMARTS) is 1. The number of anilines is 2. The number of carbonyl (C=O) groups is 1.